The fourth-order valence-corrected chi connectivity index (χ4v) is 6.95. The molecule has 1 aliphatic rings. The Bertz CT molecular complexity index is 1590. The first kappa shape index (κ1) is 33.6. The van der Waals surface area contributed by atoms with Crippen LogP contribution in [0.5, 0.6) is 0 Å². The molecule has 2 amide bonds. The monoisotopic (exact) mass is 669 g/mol. The highest BCUT2D eigenvalue weighted by atomic mass is 35.5. The van der Waals surface area contributed by atoms with Crippen molar-refractivity contribution < 1.29 is 31.2 Å². The van der Waals surface area contributed by atoms with Crippen LogP contribution >= 0.6 is 23.2 Å². The second-order valence-electron chi connectivity index (χ2n) is 10.8. The third-order valence-corrected chi connectivity index (χ3v) is 10.1. The summed E-state index contributed by atoms with van der Waals surface area (Å²) in [5.74, 6) is -1.30. The Hall–Kier alpha value is -3.28. The first-order valence-electron chi connectivity index (χ1n) is 14.0. The van der Waals surface area contributed by atoms with E-state index in [0.717, 1.165) is 48.3 Å². The van der Waals surface area contributed by atoms with Crippen LogP contribution in [0.4, 0.5) is 18.9 Å². The van der Waals surface area contributed by atoms with E-state index in [1.54, 1.807) is 37.3 Å². The van der Waals surface area contributed by atoms with Crippen LogP contribution in [0.1, 0.15) is 49.3 Å². The summed E-state index contributed by atoms with van der Waals surface area (Å²) >= 11 is 12.8. The van der Waals surface area contributed by atoms with Crippen LogP contribution in [0, 0.1) is 6.92 Å². The van der Waals surface area contributed by atoms with Crippen molar-refractivity contribution in [2.24, 2.45) is 0 Å². The largest absolute Gasteiger partial charge is 0.416 e. The van der Waals surface area contributed by atoms with Crippen LogP contribution in [0.25, 0.3) is 0 Å². The molecule has 7 nitrogen and oxygen atoms in total. The number of nitrogens with one attached hydrogen (secondary N) is 1. The lowest BCUT2D eigenvalue weighted by Crippen LogP contribution is -2.52. The molecule has 0 radical (unpaired) electrons. The van der Waals surface area contributed by atoms with Crippen molar-refractivity contribution in [2.75, 3.05) is 10.8 Å². The van der Waals surface area contributed by atoms with Crippen LogP contribution < -0.4 is 9.62 Å². The summed E-state index contributed by atoms with van der Waals surface area (Å²) in [5.41, 5.74) is -0.365. The minimum absolute atomic E-state index is 0.0608. The van der Waals surface area contributed by atoms with E-state index in [4.69, 9.17) is 23.2 Å². The molecule has 1 fully saturated rings. The summed E-state index contributed by atoms with van der Waals surface area (Å²) in [4.78, 5) is 28.3. The zero-order valence-electron chi connectivity index (χ0n) is 24.1. The van der Waals surface area contributed by atoms with Gasteiger partial charge in [-0.15, -0.1) is 0 Å². The average Bonchev–Trinajstić information content (AvgIpc) is 3.48. The zero-order valence-corrected chi connectivity index (χ0v) is 26.4. The number of anilines is 1. The van der Waals surface area contributed by atoms with Gasteiger partial charge in [-0.1, -0.05) is 65.9 Å². The number of nitrogens with zero attached hydrogens (tertiary/aromatic N) is 2. The predicted octanol–water partition coefficient (Wildman–Crippen LogP) is 6.99. The Morgan fingerprint density at radius 3 is 2.16 bits per heavy atom. The molecule has 4 rings (SSSR count). The van der Waals surface area contributed by atoms with E-state index in [1.165, 1.54) is 25.1 Å². The van der Waals surface area contributed by atoms with Crippen molar-refractivity contribution in [1.82, 2.24) is 10.2 Å². The van der Waals surface area contributed by atoms with Gasteiger partial charge >= 0.3 is 6.18 Å². The SMILES string of the molecule is Cc1ccc(S(=O)(=O)N(CC(=O)N(Cc2c(Cl)cccc2Cl)[C@H](C)C(=O)NC2CCCC2)c2cccc(C(F)(F)F)c2)cc1. The molecule has 1 atom stereocenters. The smallest absolute Gasteiger partial charge is 0.352 e. The van der Waals surface area contributed by atoms with Gasteiger partial charge in [-0.3, -0.25) is 13.9 Å². The predicted molar refractivity (Wildman–Crippen MR) is 164 cm³/mol. The van der Waals surface area contributed by atoms with Gasteiger partial charge in [0.05, 0.1) is 16.1 Å². The van der Waals surface area contributed by atoms with Gasteiger partial charge in [-0.25, -0.2) is 8.42 Å². The Balaban J connectivity index is 1.76. The summed E-state index contributed by atoms with van der Waals surface area (Å²) in [6.45, 7) is 2.09. The van der Waals surface area contributed by atoms with Crippen LogP contribution in [-0.2, 0) is 32.3 Å². The quantitative estimate of drug-likeness (QED) is 0.252. The normalized spacial score (nSPS) is 14.7. The summed E-state index contributed by atoms with van der Waals surface area (Å²) in [6.07, 6.45) is -1.26. The number of halogens is 5. The molecule has 13 heteroatoms. The second kappa shape index (κ2) is 13.8. The van der Waals surface area contributed by atoms with Gasteiger partial charge in [0.2, 0.25) is 11.8 Å². The van der Waals surface area contributed by atoms with Gasteiger partial charge in [-0.05, 0) is 69.2 Å². The molecule has 0 aliphatic heterocycles. The first-order valence-corrected chi connectivity index (χ1v) is 16.2. The van der Waals surface area contributed by atoms with Crippen LogP contribution in [0.3, 0.4) is 0 Å². The molecule has 1 aliphatic carbocycles. The summed E-state index contributed by atoms with van der Waals surface area (Å²) in [7, 11) is -4.55. The lowest BCUT2D eigenvalue weighted by atomic mass is 10.1. The summed E-state index contributed by atoms with van der Waals surface area (Å²) in [5, 5.41) is 3.39. The molecule has 1 N–H and O–H groups in total. The molecule has 1 saturated carbocycles. The molecule has 0 heterocycles. The number of carbonyl (C=O) groups is 2. The van der Waals surface area contributed by atoms with E-state index in [0.29, 0.717) is 15.9 Å². The van der Waals surface area contributed by atoms with Crippen LogP contribution in [0.2, 0.25) is 10.0 Å². The zero-order chi connectivity index (χ0) is 32.2. The fourth-order valence-electron chi connectivity index (χ4n) is 5.03. The number of aryl methyl sites for hydroxylation is 1. The molecule has 0 saturated heterocycles. The highest BCUT2D eigenvalue weighted by Crippen LogP contribution is 2.34. The number of sulfonamides is 1. The summed E-state index contributed by atoms with van der Waals surface area (Å²) < 4.78 is 69.4. The molecule has 0 aromatic heterocycles. The van der Waals surface area contributed by atoms with Crippen molar-refractivity contribution in [3.63, 3.8) is 0 Å². The molecule has 0 unspecified atom stereocenters. The number of benzene rings is 3. The lowest BCUT2D eigenvalue weighted by Gasteiger charge is -2.33. The number of carbonyl (C=O) groups excluding carboxylic acids is 2. The van der Waals surface area contributed by atoms with E-state index in [9.17, 15) is 31.2 Å². The third kappa shape index (κ3) is 7.86. The van der Waals surface area contributed by atoms with Gasteiger partial charge in [0.15, 0.2) is 0 Å². The minimum atomic E-state index is -4.76. The van der Waals surface area contributed by atoms with Crippen molar-refractivity contribution >= 4 is 50.7 Å². The molecule has 3 aromatic rings. The molecule has 3 aromatic carbocycles. The lowest BCUT2D eigenvalue weighted by molar-refractivity contribution is -0.139. The Morgan fingerprint density at radius 1 is 0.977 bits per heavy atom. The van der Waals surface area contributed by atoms with E-state index in [1.807, 2.05) is 0 Å². The maximum Gasteiger partial charge on any atom is 0.416 e. The summed E-state index contributed by atoms with van der Waals surface area (Å²) in [6, 6.07) is 13.0. The van der Waals surface area contributed by atoms with E-state index < -0.39 is 46.2 Å². The molecule has 236 valence electrons. The first-order chi connectivity index (χ1) is 20.7. The minimum Gasteiger partial charge on any atom is -0.352 e. The maximum absolute atomic E-state index is 14.1. The standard InChI is InChI=1S/C31H32Cl2F3N3O4S/c1-20-13-15-25(16-14-20)44(42,43)39(24-10-5-7-22(17-24)31(34,35)36)19-29(40)38(18-26-27(32)11-6-12-28(26)33)21(2)30(41)37-23-8-3-4-9-23/h5-7,10-17,21,23H,3-4,8-9,18-19H2,1-2H3,(H,37,41)/t21-/m1/s1. The molecular formula is C31H32Cl2F3N3O4S. The van der Waals surface area contributed by atoms with Crippen LogP contribution in [0.15, 0.2) is 71.6 Å². The van der Waals surface area contributed by atoms with E-state index in [2.05, 4.69) is 5.32 Å². The van der Waals surface area contributed by atoms with Gasteiger partial charge in [-0.2, -0.15) is 13.2 Å². The van der Waals surface area contributed by atoms with Gasteiger partial charge in [0.25, 0.3) is 10.0 Å². The number of hydrogen-bond acceptors (Lipinski definition) is 4. The van der Waals surface area contributed by atoms with Crippen LogP contribution in [-0.4, -0.2) is 43.8 Å². The Kier molecular flexibility index (Phi) is 10.5. The third-order valence-electron chi connectivity index (χ3n) is 7.61. The van der Waals surface area contributed by atoms with Crippen molar-refractivity contribution in [3.05, 3.63) is 93.5 Å². The highest BCUT2D eigenvalue weighted by Gasteiger charge is 2.36. The molecule has 0 bridgehead atoms. The van der Waals surface area contributed by atoms with E-state index >= 15 is 0 Å². The number of rotatable bonds is 10. The molecular weight excluding hydrogens is 638 g/mol. The Labute approximate surface area is 265 Å². The number of amides is 2. The Morgan fingerprint density at radius 2 is 1.57 bits per heavy atom. The van der Waals surface area contributed by atoms with Gasteiger partial charge < -0.3 is 10.2 Å². The molecule has 44 heavy (non-hydrogen) atoms. The van der Waals surface area contributed by atoms with Gasteiger partial charge in [0, 0.05) is 28.2 Å². The fraction of sp³-hybridized carbons (Fsp3) is 0.355. The topological polar surface area (TPSA) is 86.8 Å². The van der Waals surface area contributed by atoms with Crippen molar-refractivity contribution in [2.45, 2.75) is 69.2 Å². The van der Waals surface area contributed by atoms with Crippen molar-refractivity contribution in [3.8, 4) is 0 Å². The number of alkyl halides is 3. The van der Waals surface area contributed by atoms with E-state index in [-0.39, 0.29) is 33.2 Å². The average molecular weight is 671 g/mol. The second-order valence-corrected chi connectivity index (χ2v) is 13.4. The van der Waals surface area contributed by atoms with Crippen molar-refractivity contribution in [1.29, 1.82) is 0 Å². The highest BCUT2D eigenvalue weighted by molar-refractivity contribution is 7.92. The maximum atomic E-state index is 14.1. The van der Waals surface area contributed by atoms with Gasteiger partial charge in [0.1, 0.15) is 12.6 Å². The molecule has 0 spiro atoms. The number of hydrogen-bond donors (Lipinski definition) is 1.